The van der Waals surface area contributed by atoms with Crippen LogP contribution in [0.2, 0.25) is 5.02 Å². The Kier molecular flexibility index (Phi) is 5.22. The Morgan fingerprint density at radius 2 is 1.96 bits per heavy atom. The second-order valence-corrected chi connectivity index (χ2v) is 7.78. The lowest BCUT2D eigenvalue weighted by molar-refractivity contribution is -0.911. The van der Waals surface area contributed by atoms with Gasteiger partial charge >= 0.3 is 0 Å². The number of nitrogens with zero attached hydrogens (tertiary/aromatic N) is 3. The first kappa shape index (κ1) is 17.2. The van der Waals surface area contributed by atoms with E-state index in [2.05, 4.69) is 4.57 Å². The predicted molar refractivity (Wildman–Crippen MR) is 100 cm³/mol. The van der Waals surface area contributed by atoms with Crippen molar-refractivity contribution in [1.29, 1.82) is 0 Å². The number of hydrogen-bond acceptors (Lipinski definition) is 3. The number of halogens is 1. The maximum atomic E-state index is 6.05. The van der Waals surface area contributed by atoms with Gasteiger partial charge in [-0.3, -0.25) is 4.57 Å². The van der Waals surface area contributed by atoms with Gasteiger partial charge in [0.1, 0.15) is 0 Å². The van der Waals surface area contributed by atoms with E-state index in [0.29, 0.717) is 0 Å². The Hall–Kier alpha value is -1.21. The molecule has 0 spiro atoms. The Balaban J connectivity index is 1.68. The van der Waals surface area contributed by atoms with Crippen molar-refractivity contribution in [3.05, 3.63) is 34.1 Å². The summed E-state index contributed by atoms with van der Waals surface area (Å²) in [6, 6.07) is 7.83. The first-order chi connectivity index (χ1) is 12.2. The van der Waals surface area contributed by atoms with Crippen LogP contribution in [0, 0.1) is 4.77 Å². The van der Waals surface area contributed by atoms with Crippen molar-refractivity contribution in [3.63, 3.8) is 0 Å². The number of likely N-dealkylation sites (tertiary alicyclic amines) is 1. The average Bonchev–Trinajstić information content (AvgIpc) is 3.35. The number of benzene rings is 1. The highest BCUT2D eigenvalue weighted by molar-refractivity contribution is 7.71. The molecule has 1 aromatic heterocycles. The van der Waals surface area contributed by atoms with Crippen molar-refractivity contribution in [2.75, 3.05) is 19.7 Å². The fraction of sp³-hybridized carbons (Fsp3) is 0.556. The predicted octanol–water partition coefficient (Wildman–Crippen LogP) is 2.55. The number of quaternary nitrogens is 1. The van der Waals surface area contributed by atoms with Gasteiger partial charge < -0.3 is 9.64 Å². The van der Waals surface area contributed by atoms with Crippen LogP contribution in [0.25, 0.3) is 11.4 Å². The maximum absolute atomic E-state index is 6.05. The molecule has 2 fully saturated rings. The summed E-state index contributed by atoms with van der Waals surface area (Å²) in [6.07, 6.45) is 5.03. The second kappa shape index (κ2) is 7.58. The Bertz CT molecular complexity index is 773. The third-order valence-corrected chi connectivity index (χ3v) is 5.80. The van der Waals surface area contributed by atoms with E-state index in [0.717, 1.165) is 53.8 Å². The average molecular weight is 380 g/mol. The van der Waals surface area contributed by atoms with E-state index in [4.69, 9.17) is 33.7 Å². The minimum absolute atomic E-state index is 0.231. The molecule has 0 aliphatic carbocycles. The normalized spacial score (nSPS) is 21.2. The highest BCUT2D eigenvalue weighted by atomic mass is 35.5. The molecule has 134 valence electrons. The molecule has 0 unspecified atom stereocenters. The zero-order valence-corrected chi connectivity index (χ0v) is 15.9. The van der Waals surface area contributed by atoms with Gasteiger partial charge in [-0.1, -0.05) is 11.6 Å². The maximum Gasteiger partial charge on any atom is 0.203 e. The van der Waals surface area contributed by atoms with Crippen LogP contribution in [0.1, 0.15) is 25.7 Å². The summed E-state index contributed by atoms with van der Waals surface area (Å²) < 4.78 is 10.8. The van der Waals surface area contributed by atoms with Crippen LogP contribution in [-0.4, -0.2) is 40.1 Å². The molecular formula is C18H24ClN4OS+. The van der Waals surface area contributed by atoms with E-state index in [9.17, 15) is 0 Å². The monoisotopic (exact) mass is 379 g/mol. The van der Waals surface area contributed by atoms with E-state index < -0.39 is 0 Å². The molecule has 2 saturated heterocycles. The zero-order chi connectivity index (χ0) is 17.2. The Labute approximate surface area is 158 Å². The lowest BCUT2D eigenvalue weighted by Crippen LogP contribution is -3.09. The Morgan fingerprint density at radius 1 is 1.20 bits per heavy atom. The van der Waals surface area contributed by atoms with E-state index >= 15 is 0 Å². The van der Waals surface area contributed by atoms with Crippen LogP contribution < -0.4 is 4.90 Å². The van der Waals surface area contributed by atoms with E-state index in [1.165, 1.54) is 25.9 Å². The molecule has 2 aliphatic heterocycles. The molecule has 0 amide bonds. The summed E-state index contributed by atoms with van der Waals surface area (Å²) in [6.45, 7) is 4.87. The largest absolute Gasteiger partial charge is 0.376 e. The highest BCUT2D eigenvalue weighted by Crippen LogP contribution is 2.23. The van der Waals surface area contributed by atoms with Crippen LogP contribution in [0.5, 0.6) is 0 Å². The molecule has 2 aliphatic rings. The molecule has 0 radical (unpaired) electrons. The zero-order valence-electron chi connectivity index (χ0n) is 14.3. The minimum Gasteiger partial charge on any atom is -0.376 e. The number of aromatic nitrogens is 3. The summed E-state index contributed by atoms with van der Waals surface area (Å²) in [5, 5.41) is 5.60. The van der Waals surface area contributed by atoms with Crippen molar-refractivity contribution in [2.24, 2.45) is 0 Å². The molecule has 0 saturated carbocycles. The minimum atomic E-state index is 0.231. The molecule has 1 aromatic carbocycles. The van der Waals surface area contributed by atoms with Crippen LogP contribution in [0.3, 0.4) is 0 Å². The summed E-state index contributed by atoms with van der Waals surface area (Å²) in [5.41, 5.74) is 1.05. The van der Waals surface area contributed by atoms with Gasteiger partial charge in [-0.2, -0.15) is 4.68 Å². The molecule has 5 nitrogen and oxygen atoms in total. The van der Waals surface area contributed by atoms with Gasteiger partial charge in [0.15, 0.2) is 12.5 Å². The molecule has 2 aromatic rings. The molecule has 1 atom stereocenters. The third kappa shape index (κ3) is 3.82. The smallest absolute Gasteiger partial charge is 0.203 e. The van der Waals surface area contributed by atoms with Gasteiger partial charge in [-0.25, -0.2) is 0 Å². The van der Waals surface area contributed by atoms with Crippen molar-refractivity contribution < 1.29 is 9.64 Å². The van der Waals surface area contributed by atoms with Crippen LogP contribution in [0.4, 0.5) is 0 Å². The lowest BCUT2D eigenvalue weighted by atomic mass is 10.2. The number of ether oxygens (including phenoxy) is 1. The van der Waals surface area contributed by atoms with E-state index in [1.54, 1.807) is 4.90 Å². The van der Waals surface area contributed by atoms with Gasteiger partial charge in [-0.05, 0) is 49.3 Å². The number of rotatable bonds is 5. The van der Waals surface area contributed by atoms with Gasteiger partial charge in [0.05, 0.1) is 25.7 Å². The lowest BCUT2D eigenvalue weighted by Gasteiger charge is -2.13. The SMILES string of the molecule is S=c1n(C[NH+]2CCCC2)nc(-c2ccc(Cl)cc2)n1C[C@@H]1CCCO1. The fourth-order valence-electron chi connectivity index (χ4n) is 3.76. The quantitative estimate of drug-likeness (QED) is 0.811. The number of hydrogen-bond donors (Lipinski definition) is 1. The van der Waals surface area contributed by atoms with Gasteiger partial charge in [0.2, 0.25) is 4.77 Å². The molecule has 0 bridgehead atoms. The van der Waals surface area contributed by atoms with Crippen molar-refractivity contribution in [1.82, 2.24) is 14.3 Å². The van der Waals surface area contributed by atoms with E-state index in [1.807, 2.05) is 28.9 Å². The summed E-state index contributed by atoms with van der Waals surface area (Å²) in [5.74, 6) is 0.913. The van der Waals surface area contributed by atoms with Crippen LogP contribution in [-0.2, 0) is 18.0 Å². The van der Waals surface area contributed by atoms with Gasteiger partial charge in [-0.15, -0.1) is 5.10 Å². The third-order valence-electron chi connectivity index (χ3n) is 5.12. The summed E-state index contributed by atoms with van der Waals surface area (Å²) >= 11 is 11.8. The number of nitrogens with one attached hydrogen (secondary N) is 1. The van der Waals surface area contributed by atoms with Gasteiger partial charge in [0, 0.05) is 30.0 Å². The highest BCUT2D eigenvalue weighted by Gasteiger charge is 2.23. The topological polar surface area (TPSA) is 36.4 Å². The standard InChI is InChI=1S/C18H23ClN4OS/c19-15-7-5-14(6-8-15)17-20-23(13-21-9-1-2-10-21)18(25)22(17)12-16-4-3-11-24-16/h5-8,16H,1-4,9-13H2/p+1/t16-/m0/s1. The molecular weight excluding hydrogens is 356 g/mol. The Morgan fingerprint density at radius 3 is 2.64 bits per heavy atom. The molecule has 1 N–H and O–H groups in total. The van der Waals surface area contributed by atoms with Crippen molar-refractivity contribution in [3.8, 4) is 11.4 Å². The second-order valence-electron chi connectivity index (χ2n) is 6.97. The van der Waals surface area contributed by atoms with Gasteiger partial charge in [0.25, 0.3) is 0 Å². The summed E-state index contributed by atoms with van der Waals surface area (Å²) in [4.78, 5) is 1.56. The first-order valence-corrected chi connectivity index (χ1v) is 9.88. The van der Waals surface area contributed by atoms with Crippen LogP contribution >= 0.6 is 23.8 Å². The first-order valence-electron chi connectivity index (χ1n) is 9.09. The molecule has 3 heterocycles. The van der Waals surface area contributed by atoms with E-state index in [-0.39, 0.29) is 6.10 Å². The molecule has 7 heteroatoms. The van der Waals surface area contributed by atoms with Crippen LogP contribution in [0.15, 0.2) is 24.3 Å². The fourth-order valence-corrected chi connectivity index (χ4v) is 4.15. The van der Waals surface area contributed by atoms with Crippen molar-refractivity contribution >= 4 is 23.8 Å². The van der Waals surface area contributed by atoms with Crippen molar-refractivity contribution in [2.45, 2.75) is 45.0 Å². The molecule has 25 heavy (non-hydrogen) atoms. The molecule has 4 rings (SSSR count). The summed E-state index contributed by atoms with van der Waals surface area (Å²) in [7, 11) is 0.